The van der Waals surface area contributed by atoms with Gasteiger partial charge in [-0.15, -0.1) is 0 Å². The maximum atomic E-state index is 11.4. The molecule has 0 spiro atoms. The minimum atomic E-state index is -0.000301. The average Bonchev–Trinajstić information content (AvgIpc) is 2.25. The van der Waals surface area contributed by atoms with Gasteiger partial charge in [0.1, 0.15) is 0 Å². The zero-order valence-electron chi connectivity index (χ0n) is 9.73. The number of amides is 1. The fourth-order valence-electron chi connectivity index (χ4n) is 1.15. The molecule has 0 fully saturated rings. The number of nitrogens with zero attached hydrogens (tertiary/aromatic N) is 2. The van der Waals surface area contributed by atoms with Crippen molar-refractivity contribution in [1.29, 1.82) is 0 Å². The van der Waals surface area contributed by atoms with Gasteiger partial charge in [-0.2, -0.15) is 0 Å². The Morgan fingerprint density at radius 1 is 1.50 bits per heavy atom. The highest BCUT2D eigenvalue weighted by atomic mass is 16.1. The molecule has 1 amide bonds. The van der Waals surface area contributed by atoms with Crippen molar-refractivity contribution in [3.8, 4) is 0 Å². The van der Waals surface area contributed by atoms with Crippen molar-refractivity contribution in [3.05, 3.63) is 23.8 Å². The molecule has 0 aromatic carbocycles. The molecule has 88 valence electrons. The summed E-state index contributed by atoms with van der Waals surface area (Å²) in [4.78, 5) is 19.6. The van der Waals surface area contributed by atoms with E-state index in [-0.39, 0.29) is 11.9 Å². The van der Waals surface area contributed by atoms with Gasteiger partial charge in [0.2, 0.25) is 5.91 Å². The van der Waals surface area contributed by atoms with E-state index in [1.807, 2.05) is 13.8 Å². The zero-order valence-corrected chi connectivity index (χ0v) is 9.73. The van der Waals surface area contributed by atoms with Crippen LogP contribution in [0.15, 0.2) is 12.4 Å². The molecule has 1 unspecified atom stereocenters. The topological polar surface area (TPSA) is 80.9 Å². The van der Waals surface area contributed by atoms with Crippen LogP contribution in [0.2, 0.25) is 0 Å². The summed E-state index contributed by atoms with van der Waals surface area (Å²) in [5, 5.41) is 2.78. The quantitative estimate of drug-likeness (QED) is 0.761. The highest BCUT2D eigenvalue weighted by Crippen LogP contribution is 1.96. The van der Waals surface area contributed by atoms with Crippen molar-refractivity contribution in [2.24, 2.45) is 5.73 Å². The van der Waals surface area contributed by atoms with Crippen molar-refractivity contribution in [1.82, 2.24) is 15.3 Å². The molecule has 0 saturated carbocycles. The first kappa shape index (κ1) is 12.6. The van der Waals surface area contributed by atoms with E-state index in [0.717, 1.165) is 11.4 Å². The number of carbonyl (C=O) groups is 1. The molecule has 0 bridgehead atoms. The second-order valence-electron chi connectivity index (χ2n) is 3.94. The first-order chi connectivity index (χ1) is 7.58. The highest BCUT2D eigenvalue weighted by molar-refractivity contribution is 5.75. The van der Waals surface area contributed by atoms with E-state index in [1.54, 1.807) is 12.4 Å². The lowest BCUT2D eigenvalue weighted by molar-refractivity contribution is -0.121. The standard InChI is InChI=1S/C11H18N4O/c1-8(12)3-4-11(16)15-7-10-6-13-9(2)5-14-10/h5-6,8H,3-4,7,12H2,1-2H3,(H,15,16). The number of nitrogens with one attached hydrogen (secondary N) is 1. The van der Waals surface area contributed by atoms with Crippen molar-refractivity contribution < 1.29 is 4.79 Å². The van der Waals surface area contributed by atoms with E-state index in [9.17, 15) is 4.79 Å². The SMILES string of the molecule is Cc1cnc(CNC(=O)CCC(C)N)cn1. The average molecular weight is 222 g/mol. The van der Waals surface area contributed by atoms with Crippen LogP contribution in [0, 0.1) is 6.92 Å². The van der Waals surface area contributed by atoms with Gasteiger partial charge < -0.3 is 11.1 Å². The largest absolute Gasteiger partial charge is 0.350 e. The van der Waals surface area contributed by atoms with E-state index in [1.165, 1.54) is 0 Å². The zero-order chi connectivity index (χ0) is 12.0. The summed E-state index contributed by atoms with van der Waals surface area (Å²) < 4.78 is 0. The lowest BCUT2D eigenvalue weighted by Gasteiger charge is -2.06. The number of carbonyl (C=O) groups excluding carboxylic acids is 1. The summed E-state index contributed by atoms with van der Waals surface area (Å²) in [6.07, 6.45) is 4.51. The molecule has 3 N–H and O–H groups in total. The molecule has 5 heteroatoms. The second kappa shape index (κ2) is 6.17. The van der Waals surface area contributed by atoms with Gasteiger partial charge in [0.05, 0.1) is 24.1 Å². The van der Waals surface area contributed by atoms with Crippen molar-refractivity contribution >= 4 is 5.91 Å². The lowest BCUT2D eigenvalue weighted by atomic mass is 10.2. The third-order valence-electron chi connectivity index (χ3n) is 2.13. The van der Waals surface area contributed by atoms with Gasteiger partial charge in [-0.05, 0) is 20.3 Å². The van der Waals surface area contributed by atoms with Crippen LogP contribution in [-0.4, -0.2) is 21.9 Å². The van der Waals surface area contributed by atoms with Gasteiger partial charge in [-0.25, -0.2) is 0 Å². The van der Waals surface area contributed by atoms with Gasteiger partial charge in [-0.3, -0.25) is 14.8 Å². The summed E-state index contributed by atoms with van der Waals surface area (Å²) >= 11 is 0. The lowest BCUT2D eigenvalue weighted by Crippen LogP contribution is -2.25. The Bertz CT molecular complexity index is 334. The Labute approximate surface area is 95.5 Å². The van der Waals surface area contributed by atoms with Gasteiger partial charge in [0.25, 0.3) is 0 Å². The molecule has 1 atom stereocenters. The molecular weight excluding hydrogens is 204 g/mol. The Morgan fingerprint density at radius 2 is 2.25 bits per heavy atom. The fourth-order valence-corrected chi connectivity index (χ4v) is 1.15. The monoisotopic (exact) mass is 222 g/mol. The van der Waals surface area contributed by atoms with Crippen LogP contribution in [0.5, 0.6) is 0 Å². The van der Waals surface area contributed by atoms with E-state index in [4.69, 9.17) is 5.73 Å². The maximum Gasteiger partial charge on any atom is 0.220 e. The van der Waals surface area contributed by atoms with Crippen LogP contribution in [0.3, 0.4) is 0 Å². The molecule has 1 rings (SSSR count). The van der Waals surface area contributed by atoms with Crippen LogP contribution in [-0.2, 0) is 11.3 Å². The second-order valence-corrected chi connectivity index (χ2v) is 3.94. The predicted octanol–water partition coefficient (Wildman–Crippen LogP) is 0.529. The van der Waals surface area contributed by atoms with E-state index in [2.05, 4.69) is 15.3 Å². The molecule has 0 aliphatic carbocycles. The summed E-state index contributed by atoms with van der Waals surface area (Å²) in [7, 11) is 0. The van der Waals surface area contributed by atoms with Crippen LogP contribution in [0.25, 0.3) is 0 Å². The Kier molecular flexibility index (Phi) is 4.85. The maximum absolute atomic E-state index is 11.4. The van der Waals surface area contributed by atoms with Crippen molar-refractivity contribution in [2.45, 2.75) is 39.3 Å². The molecule has 16 heavy (non-hydrogen) atoms. The molecule has 1 aromatic rings. The van der Waals surface area contributed by atoms with Crippen LogP contribution < -0.4 is 11.1 Å². The Hall–Kier alpha value is -1.49. The summed E-state index contributed by atoms with van der Waals surface area (Å²) in [6.45, 7) is 4.18. The number of hydrogen-bond donors (Lipinski definition) is 2. The molecule has 5 nitrogen and oxygen atoms in total. The van der Waals surface area contributed by atoms with Gasteiger partial charge in [-0.1, -0.05) is 0 Å². The molecule has 1 aromatic heterocycles. The molecule has 0 radical (unpaired) electrons. The normalized spacial score (nSPS) is 12.2. The molecule has 0 saturated heterocycles. The highest BCUT2D eigenvalue weighted by Gasteiger charge is 2.03. The van der Waals surface area contributed by atoms with E-state index >= 15 is 0 Å². The van der Waals surface area contributed by atoms with Gasteiger partial charge in [0, 0.05) is 18.7 Å². The minimum Gasteiger partial charge on any atom is -0.350 e. The number of nitrogens with two attached hydrogens (primary N) is 1. The molecule has 0 aliphatic rings. The van der Waals surface area contributed by atoms with Gasteiger partial charge in [0.15, 0.2) is 0 Å². The molecule has 0 aliphatic heterocycles. The summed E-state index contributed by atoms with van der Waals surface area (Å²) in [5.74, 6) is -0.000301. The summed E-state index contributed by atoms with van der Waals surface area (Å²) in [5.41, 5.74) is 7.19. The molecular formula is C11H18N4O. The Balaban J connectivity index is 2.29. The smallest absolute Gasteiger partial charge is 0.220 e. The third kappa shape index (κ3) is 4.84. The minimum absolute atomic E-state index is 0.000301. The van der Waals surface area contributed by atoms with Crippen molar-refractivity contribution in [2.75, 3.05) is 0 Å². The number of aryl methyl sites for hydroxylation is 1. The first-order valence-electron chi connectivity index (χ1n) is 5.37. The van der Waals surface area contributed by atoms with E-state index in [0.29, 0.717) is 19.4 Å². The van der Waals surface area contributed by atoms with Crippen LogP contribution in [0.1, 0.15) is 31.2 Å². The van der Waals surface area contributed by atoms with E-state index < -0.39 is 0 Å². The fraction of sp³-hybridized carbons (Fsp3) is 0.545. The van der Waals surface area contributed by atoms with Gasteiger partial charge >= 0.3 is 0 Å². The number of hydrogen-bond acceptors (Lipinski definition) is 4. The predicted molar refractivity (Wildman–Crippen MR) is 61.5 cm³/mol. The third-order valence-corrected chi connectivity index (χ3v) is 2.13. The van der Waals surface area contributed by atoms with Crippen LogP contribution >= 0.6 is 0 Å². The number of rotatable bonds is 5. The first-order valence-corrected chi connectivity index (χ1v) is 5.37. The molecule has 1 heterocycles. The van der Waals surface area contributed by atoms with Crippen LogP contribution in [0.4, 0.5) is 0 Å². The summed E-state index contributed by atoms with van der Waals surface area (Å²) in [6, 6.07) is 0.0601. The Morgan fingerprint density at radius 3 is 2.81 bits per heavy atom. The van der Waals surface area contributed by atoms with Crippen molar-refractivity contribution in [3.63, 3.8) is 0 Å². The number of aromatic nitrogens is 2.